The van der Waals surface area contributed by atoms with Gasteiger partial charge in [0.2, 0.25) is 11.8 Å². The molecule has 4 nitrogen and oxygen atoms in total. The highest BCUT2D eigenvalue weighted by Crippen LogP contribution is 2.69. The molecule has 3 fully saturated rings. The van der Waals surface area contributed by atoms with Crippen LogP contribution in [-0.2, 0) is 15.0 Å². The number of rotatable bonds is 6. The Morgan fingerprint density at radius 3 is 2.28 bits per heavy atom. The van der Waals surface area contributed by atoms with Crippen molar-refractivity contribution in [2.75, 3.05) is 19.6 Å². The number of carbonyl (C=O) groups is 2. The fourth-order valence-corrected chi connectivity index (χ4v) is 5.16. The summed E-state index contributed by atoms with van der Waals surface area (Å²) in [5.74, 6) is -3.62. The SMILES string of the molecule is C=CC(=O)NCC1(c2ccccc2)CCN(C(=O)C2(C3CCC3)CC2(F)F)CC1. The molecule has 1 atom stereocenters. The number of halogens is 2. The van der Waals surface area contributed by atoms with Crippen molar-refractivity contribution in [1.29, 1.82) is 0 Å². The van der Waals surface area contributed by atoms with Gasteiger partial charge in [-0.25, -0.2) is 8.78 Å². The minimum atomic E-state index is -2.86. The molecular formula is C23H28F2N2O2. The Balaban J connectivity index is 1.50. The van der Waals surface area contributed by atoms with Crippen molar-refractivity contribution in [1.82, 2.24) is 10.2 Å². The molecule has 0 bridgehead atoms. The quantitative estimate of drug-likeness (QED) is 0.738. The number of piperidine rings is 1. The van der Waals surface area contributed by atoms with E-state index in [-0.39, 0.29) is 29.6 Å². The molecule has 1 saturated heterocycles. The number of carbonyl (C=O) groups excluding carboxylic acids is 2. The molecule has 29 heavy (non-hydrogen) atoms. The number of hydrogen-bond acceptors (Lipinski definition) is 2. The van der Waals surface area contributed by atoms with Gasteiger partial charge in [0.25, 0.3) is 5.92 Å². The topological polar surface area (TPSA) is 49.4 Å². The van der Waals surface area contributed by atoms with Crippen LogP contribution in [0.4, 0.5) is 8.78 Å². The van der Waals surface area contributed by atoms with Crippen LogP contribution < -0.4 is 5.32 Å². The van der Waals surface area contributed by atoms with Crippen molar-refractivity contribution in [3.8, 4) is 0 Å². The normalized spacial score (nSPS) is 27.6. The second kappa shape index (κ2) is 7.22. The maximum absolute atomic E-state index is 14.3. The average molecular weight is 402 g/mol. The van der Waals surface area contributed by atoms with E-state index >= 15 is 0 Å². The third-order valence-electron chi connectivity index (χ3n) is 7.39. The number of likely N-dealkylation sites (tertiary alicyclic amines) is 1. The Hall–Kier alpha value is -2.24. The van der Waals surface area contributed by atoms with E-state index in [1.807, 2.05) is 30.3 Å². The fraction of sp³-hybridized carbons (Fsp3) is 0.565. The first kappa shape index (κ1) is 20.0. The monoisotopic (exact) mass is 402 g/mol. The van der Waals surface area contributed by atoms with Crippen molar-refractivity contribution in [3.63, 3.8) is 0 Å². The Bertz CT molecular complexity index is 798. The number of hydrogen-bond donors (Lipinski definition) is 1. The van der Waals surface area contributed by atoms with Gasteiger partial charge in [0.15, 0.2) is 0 Å². The average Bonchev–Trinajstić information content (AvgIpc) is 3.27. The van der Waals surface area contributed by atoms with Crippen LogP contribution in [0.2, 0.25) is 0 Å². The molecule has 2 aliphatic carbocycles. The van der Waals surface area contributed by atoms with Crippen LogP contribution in [0, 0.1) is 11.3 Å². The molecule has 1 aromatic rings. The maximum atomic E-state index is 14.3. The summed E-state index contributed by atoms with van der Waals surface area (Å²) in [5, 5.41) is 2.90. The van der Waals surface area contributed by atoms with Crippen molar-refractivity contribution in [3.05, 3.63) is 48.6 Å². The summed E-state index contributed by atoms with van der Waals surface area (Å²) in [5.41, 5.74) is -0.663. The van der Waals surface area contributed by atoms with Crippen LogP contribution in [-0.4, -0.2) is 42.3 Å². The Morgan fingerprint density at radius 2 is 1.79 bits per heavy atom. The smallest absolute Gasteiger partial charge is 0.264 e. The lowest BCUT2D eigenvalue weighted by atomic mass is 9.70. The Kier molecular flexibility index (Phi) is 4.99. The molecule has 0 radical (unpaired) electrons. The van der Waals surface area contributed by atoms with E-state index in [0.717, 1.165) is 24.8 Å². The van der Waals surface area contributed by atoms with Crippen molar-refractivity contribution >= 4 is 11.8 Å². The van der Waals surface area contributed by atoms with E-state index < -0.39 is 11.3 Å². The highest BCUT2D eigenvalue weighted by atomic mass is 19.3. The second-order valence-corrected chi connectivity index (χ2v) is 8.84. The first-order valence-corrected chi connectivity index (χ1v) is 10.5. The molecule has 4 rings (SSSR count). The Labute approximate surface area is 170 Å². The van der Waals surface area contributed by atoms with E-state index in [0.29, 0.717) is 32.5 Å². The first-order valence-electron chi connectivity index (χ1n) is 10.5. The molecule has 1 N–H and O–H groups in total. The molecule has 2 saturated carbocycles. The zero-order valence-corrected chi connectivity index (χ0v) is 16.6. The molecule has 6 heteroatoms. The molecule has 3 aliphatic rings. The van der Waals surface area contributed by atoms with Gasteiger partial charge in [0, 0.05) is 31.5 Å². The summed E-state index contributed by atoms with van der Waals surface area (Å²) >= 11 is 0. The largest absolute Gasteiger partial charge is 0.352 e. The molecular weight excluding hydrogens is 374 g/mol. The third-order valence-corrected chi connectivity index (χ3v) is 7.39. The number of nitrogens with zero attached hydrogens (tertiary/aromatic N) is 1. The van der Waals surface area contributed by atoms with Crippen LogP contribution in [0.15, 0.2) is 43.0 Å². The number of alkyl halides is 2. The van der Waals surface area contributed by atoms with E-state index in [9.17, 15) is 18.4 Å². The molecule has 0 spiro atoms. The van der Waals surface area contributed by atoms with Crippen molar-refractivity contribution in [2.45, 2.75) is 49.9 Å². The molecule has 156 valence electrons. The van der Waals surface area contributed by atoms with Gasteiger partial charge in [0.05, 0.1) is 0 Å². The molecule has 1 unspecified atom stereocenters. The highest BCUT2D eigenvalue weighted by Gasteiger charge is 2.79. The van der Waals surface area contributed by atoms with Gasteiger partial charge >= 0.3 is 0 Å². The summed E-state index contributed by atoms with van der Waals surface area (Å²) in [4.78, 5) is 26.6. The lowest BCUT2D eigenvalue weighted by Gasteiger charge is -2.44. The molecule has 2 amide bonds. The number of benzene rings is 1. The van der Waals surface area contributed by atoms with E-state index in [2.05, 4.69) is 11.9 Å². The van der Waals surface area contributed by atoms with Crippen molar-refractivity contribution in [2.24, 2.45) is 11.3 Å². The summed E-state index contributed by atoms with van der Waals surface area (Å²) in [7, 11) is 0. The summed E-state index contributed by atoms with van der Waals surface area (Å²) in [6, 6.07) is 9.92. The van der Waals surface area contributed by atoms with Gasteiger partial charge in [0.1, 0.15) is 5.41 Å². The summed E-state index contributed by atoms with van der Waals surface area (Å²) in [6.45, 7) is 4.80. The molecule has 1 heterocycles. The fourth-order valence-electron chi connectivity index (χ4n) is 5.16. The lowest BCUT2D eigenvalue weighted by Crippen LogP contribution is -2.53. The lowest BCUT2D eigenvalue weighted by molar-refractivity contribution is -0.148. The van der Waals surface area contributed by atoms with E-state index in [4.69, 9.17) is 0 Å². The third kappa shape index (κ3) is 3.26. The van der Waals surface area contributed by atoms with Gasteiger partial charge in [-0.3, -0.25) is 9.59 Å². The maximum Gasteiger partial charge on any atom is 0.264 e. The van der Waals surface area contributed by atoms with Gasteiger partial charge in [-0.1, -0.05) is 43.3 Å². The zero-order valence-electron chi connectivity index (χ0n) is 16.6. The Morgan fingerprint density at radius 1 is 1.17 bits per heavy atom. The minimum absolute atomic E-state index is 0.169. The number of nitrogens with one attached hydrogen (secondary N) is 1. The van der Waals surface area contributed by atoms with Gasteiger partial charge in [-0.2, -0.15) is 0 Å². The van der Waals surface area contributed by atoms with Crippen LogP contribution >= 0.6 is 0 Å². The summed E-state index contributed by atoms with van der Waals surface area (Å²) < 4.78 is 28.6. The zero-order chi connectivity index (χ0) is 20.7. The first-order chi connectivity index (χ1) is 13.8. The standard InChI is InChI=1S/C23H28F2N2O2/c1-2-19(28)26-16-21(17-7-4-3-5-8-17)11-13-27(14-12-21)20(29)22(15-23(22,24)25)18-9-6-10-18/h2-5,7-8,18H,1,6,9-16H2,(H,26,28). The van der Waals surface area contributed by atoms with Gasteiger partial charge in [-0.05, 0) is 43.2 Å². The second-order valence-electron chi connectivity index (χ2n) is 8.84. The van der Waals surface area contributed by atoms with Crippen LogP contribution in [0.5, 0.6) is 0 Å². The van der Waals surface area contributed by atoms with Crippen LogP contribution in [0.25, 0.3) is 0 Å². The predicted octanol–water partition coefficient (Wildman–Crippen LogP) is 3.67. The minimum Gasteiger partial charge on any atom is -0.352 e. The number of amides is 2. The van der Waals surface area contributed by atoms with Crippen LogP contribution in [0.1, 0.15) is 44.1 Å². The molecule has 0 aromatic heterocycles. The van der Waals surface area contributed by atoms with E-state index in [1.165, 1.54) is 6.08 Å². The highest BCUT2D eigenvalue weighted by molar-refractivity contribution is 5.88. The van der Waals surface area contributed by atoms with E-state index in [1.54, 1.807) is 4.90 Å². The predicted molar refractivity (Wildman–Crippen MR) is 106 cm³/mol. The van der Waals surface area contributed by atoms with Crippen LogP contribution in [0.3, 0.4) is 0 Å². The summed E-state index contributed by atoms with van der Waals surface area (Å²) in [6.07, 6.45) is 4.62. The van der Waals surface area contributed by atoms with Crippen molar-refractivity contribution < 1.29 is 18.4 Å². The molecule has 1 aliphatic heterocycles. The van der Waals surface area contributed by atoms with Gasteiger partial charge in [-0.15, -0.1) is 0 Å². The molecule has 1 aromatic carbocycles. The van der Waals surface area contributed by atoms with Gasteiger partial charge < -0.3 is 10.2 Å².